The Morgan fingerprint density at radius 3 is 2.70 bits per heavy atom. The molecule has 0 aliphatic heterocycles. The molecule has 0 spiro atoms. The molecule has 0 fully saturated rings. The molecule has 0 aliphatic rings. The third-order valence-corrected chi connectivity index (χ3v) is 2.87. The highest BCUT2D eigenvalue weighted by Crippen LogP contribution is 1.92. The summed E-state index contributed by atoms with van der Waals surface area (Å²) in [6, 6.07) is 0. The molecule has 0 saturated heterocycles. The van der Waals surface area contributed by atoms with E-state index >= 15 is 0 Å². The van der Waals surface area contributed by atoms with Gasteiger partial charge in [-0.3, -0.25) is 9.44 Å². The molecule has 1 unspecified atom stereocenters. The largest absolute Gasteiger partial charge is 0.389 e. The second-order valence-corrected chi connectivity index (χ2v) is 5.52. The minimum Gasteiger partial charge on any atom is -0.389 e. The monoisotopic (exact) mass is 315 g/mol. The smallest absolute Gasteiger partial charge is 0.343 e. The maximum atomic E-state index is 10.9. The topological polar surface area (TPSA) is 131 Å². The van der Waals surface area contributed by atoms with Gasteiger partial charge in [0.1, 0.15) is 0 Å². The highest BCUT2D eigenvalue weighted by molar-refractivity contribution is 7.85. The zero-order chi connectivity index (χ0) is 15.4. The van der Waals surface area contributed by atoms with Crippen LogP contribution >= 0.6 is 0 Å². The van der Waals surface area contributed by atoms with E-state index in [1.54, 1.807) is 0 Å². The quantitative estimate of drug-likeness (QED) is 0.174. The van der Waals surface area contributed by atoms with Crippen LogP contribution in [0.3, 0.4) is 0 Å². The lowest BCUT2D eigenvalue weighted by Crippen LogP contribution is -2.32. The van der Waals surface area contributed by atoms with E-state index in [0.29, 0.717) is 6.54 Å². The first-order valence-electron chi connectivity index (χ1n) is 6.00. The zero-order valence-corrected chi connectivity index (χ0v) is 12.1. The van der Waals surface area contributed by atoms with Crippen LogP contribution in [0.15, 0.2) is 0 Å². The van der Waals surface area contributed by atoms with Gasteiger partial charge in [0.2, 0.25) is 0 Å². The second-order valence-electron chi connectivity index (χ2n) is 3.94. The normalized spacial score (nSPS) is 13.2. The summed E-state index contributed by atoms with van der Waals surface area (Å²) in [4.78, 5) is 19.3. The first kappa shape index (κ1) is 19.2. The van der Waals surface area contributed by atoms with Crippen LogP contribution < -0.4 is 5.32 Å². The van der Waals surface area contributed by atoms with Gasteiger partial charge in [-0.1, -0.05) is 0 Å². The summed E-state index contributed by atoms with van der Waals surface area (Å²) in [5, 5.41) is 12.3. The van der Waals surface area contributed by atoms with Crippen molar-refractivity contribution in [2.75, 3.05) is 39.2 Å². The minimum atomic E-state index is -3.96. The predicted molar refractivity (Wildman–Crippen MR) is 68.4 cm³/mol. The van der Waals surface area contributed by atoms with E-state index in [2.05, 4.69) is 15.1 Å². The molecule has 9 nitrogen and oxygen atoms in total. The Bertz CT molecular complexity index is 358. The number of rotatable bonds is 12. The van der Waals surface area contributed by atoms with Crippen molar-refractivity contribution in [3.8, 4) is 0 Å². The van der Waals surface area contributed by atoms with Gasteiger partial charge in [-0.2, -0.15) is 13.3 Å². The van der Waals surface area contributed by atoms with E-state index in [4.69, 9.17) is 9.29 Å². The molecule has 120 valence electrons. The number of nitrogens with one attached hydrogen (secondary N) is 1. The Morgan fingerprint density at radius 2 is 2.10 bits per heavy atom. The van der Waals surface area contributed by atoms with Crippen molar-refractivity contribution in [1.29, 1.82) is 0 Å². The average molecular weight is 315 g/mol. The van der Waals surface area contributed by atoms with Crippen LogP contribution in [0.1, 0.15) is 12.8 Å². The third-order valence-electron chi connectivity index (χ3n) is 2.06. The van der Waals surface area contributed by atoms with E-state index in [1.165, 1.54) is 7.11 Å². The minimum absolute atomic E-state index is 0.0288. The van der Waals surface area contributed by atoms with Crippen LogP contribution in [0.5, 0.6) is 0 Å². The van der Waals surface area contributed by atoms with Gasteiger partial charge >= 0.3 is 5.97 Å². The van der Waals surface area contributed by atoms with E-state index in [1.807, 2.05) is 0 Å². The molecule has 0 radical (unpaired) electrons. The number of carbonyl (C=O) groups excluding carboxylic acids is 1. The van der Waals surface area contributed by atoms with Gasteiger partial charge in [0, 0.05) is 19.7 Å². The number of aliphatic hydroxyl groups excluding tert-OH is 1. The van der Waals surface area contributed by atoms with Gasteiger partial charge in [0.05, 0.1) is 32.0 Å². The van der Waals surface area contributed by atoms with Gasteiger partial charge < -0.3 is 15.2 Å². The Kier molecular flexibility index (Phi) is 10.5. The van der Waals surface area contributed by atoms with Crippen LogP contribution in [0.4, 0.5) is 0 Å². The zero-order valence-electron chi connectivity index (χ0n) is 11.3. The molecule has 0 aromatic carbocycles. The van der Waals surface area contributed by atoms with Crippen LogP contribution in [0, 0.1) is 0 Å². The van der Waals surface area contributed by atoms with Gasteiger partial charge in [0.15, 0.2) is 0 Å². The summed E-state index contributed by atoms with van der Waals surface area (Å²) < 4.78 is 34.3. The number of ether oxygens (including phenoxy) is 1. The first-order chi connectivity index (χ1) is 9.35. The molecule has 0 saturated carbocycles. The van der Waals surface area contributed by atoms with Crippen molar-refractivity contribution in [3.63, 3.8) is 0 Å². The Labute approximate surface area is 117 Å². The fraction of sp³-hybridized carbons (Fsp3) is 0.900. The molecule has 0 aromatic heterocycles. The highest BCUT2D eigenvalue weighted by atomic mass is 32.2. The summed E-state index contributed by atoms with van der Waals surface area (Å²) >= 11 is 0. The maximum absolute atomic E-state index is 10.9. The fourth-order valence-corrected chi connectivity index (χ4v) is 1.70. The van der Waals surface area contributed by atoms with Crippen molar-refractivity contribution in [1.82, 2.24) is 5.32 Å². The van der Waals surface area contributed by atoms with E-state index in [-0.39, 0.29) is 38.4 Å². The van der Waals surface area contributed by atoms with E-state index in [9.17, 15) is 18.3 Å². The standard InChI is InChI=1S/C10H21NO8S/c1-17-19-10(13)3-4-11-7-9(12)8-18-5-2-6-20(14,15)16/h9,11-12H,2-8H2,1H3,(H,14,15,16). The maximum Gasteiger partial charge on any atom is 0.343 e. The number of carbonyl (C=O) groups is 1. The second kappa shape index (κ2) is 10.9. The Hall–Kier alpha value is -0.780. The lowest BCUT2D eigenvalue weighted by molar-refractivity contribution is -0.254. The molecule has 0 amide bonds. The summed E-state index contributed by atoms with van der Waals surface area (Å²) in [5.41, 5.74) is 0. The molecule has 0 aliphatic carbocycles. The molecule has 0 aromatic rings. The number of hydrogen-bond acceptors (Lipinski definition) is 8. The van der Waals surface area contributed by atoms with Crippen molar-refractivity contribution < 1.29 is 37.4 Å². The molecular weight excluding hydrogens is 294 g/mol. The lowest BCUT2D eigenvalue weighted by Gasteiger charge is -2.11. The van der Waals surface area contributed by atoms with E-state index < -0.39 is 22.2 Å². The van der Waals surface area contributed by atoms with Crippen molar-refractivity contribution in [3.05, 3.63) is 0 Å². The fourth-order valence-electron chi connectivity index (χ4n) is 1.22. The van der Waals surface area contributed by atoms with Crippen LogP contribution in [0.2, 0.25) is 0 Å². The molecule has 1 atom stereocenters. The first-order valence-corrected chi connectivity index (χ1v) is 7.61. The SMILES string of the molecule is COOC(=O)CCNCC(O)COCCCS(=O)(=O)O. The van der Waals surface area contributed by atoms with Gasteiger partial charge in [-0.05, 0) is 6.42 Å². The molecule has 0 heterocycles. The van der Waals surface area contributed by atoms with Crippen molar-refractivity contribution in [2.24, 2.45) is 0 Å². The average Bonchev–Trinajstić information content (AvgIpc) is 2.33. The predicted octanol–water partition coefficient (Wildman–Crippen LogP) is -1.27. The molecular formula is C10H21NO8S. The number of hydrogen-bond donors (Lipinski definition) is 3. The molecule has 10 heteroatoms. The summed E-state index contributed by atoms with van der Waals surface area (Å²) in [5.74, 6) is -0.890. The van der Waals surface area contributed by atoms with Gasteiger partial charge in [-0.25, -0.2) is 4.79 Å². The highest BCUT2D eigenvalue weighted by Gasteiger charge is 2.07. The Balaban J connectivity index is 3.41. The van der Waals surface area contributed by atoms with Crippen LogP contribution in [-0.2, 0) is 29.4 Å². The van der Waals surface area contributed by atoms with Crippen LogP contribution in [-0.4, -0.2) is 69.3 Å². The van der Waals surface area contributed by atoms with Crippen molar-refractivity contribution >= 4 is 16.1 Å². The van der Waals surface area contributed by atoms with Gasteiger partial charge in [-0.15, -0.1) is 0 Å². The molecule has 3 N–H and O–H groups in total. The summed E-state index contributed by atoms with van der Waals surface area (Å²) in [6.45, 7) is 0.693. The van der Waals surface area contributed by atoms with Gasteiger partial charge in [0.25, 0.3) is 10.1 Å². The molecule has 0 bridgehead atoms. The van der Waals surface area contributed by atoms with Crippen molar-refractivity contribution in [2.45, 2.75) is 18.9 Å². The molecule has 0 rings (SSSR count). The summed E-state index contributed by atoms with van der Waals surface area (Å²) in [6.07, 6.45) is -0.517. The summed E-state index contributed by atoms with van der Waals surface area (Å²) in [7, 11) is -2.73. The molecule has 20 heavy (non-hydrogen) atoms. The lowest BCUT2D eigenvalue weighted by atomic mass is 10.3. The third kappa shape index (κ3) is 13.6. The number of aliphatic hydroxyl groups is 1. The Morgan fingerprint density at radius 1 is 1.40 bits per heavy atom. The van der Waals surface area contributed by atoms with Crippen LogP contribution in [0.25, 0.3) is 0 Å². The van der Waals surface area contributed by atoms with E-state index in [0.717, 1.165) is 0 Å².